The highest BCUT2D eigenvalue weighted by atomic mass is 16.5. The van der Waals surface area contributed by atoms with E-state index in [9.17, 15) is 0 Å². The van der Waals surface area contributed by atoms with Crippen molar-refractivity contribution in [3.8, 4) is 0 Å². The van der Waals surface area contributed by atoms with E-state index in [2.05, 4.69) is 28.5 Å². The Hall–Kier alpha value is -1.59. The second kappa shape index (κ2) is 7.79. The van der Waals surface area contributed by atoms with E-state index in [1.165, 1.54) is 30.4 Å². The van der Waals surface area contributed by atoms with Crippen LogP contribution in [0, 0.1) is 5.92 Å². The van der Waals surface area contributed by atoms with Gasteiger partial charge in [0.1, 0.15) is 0 Å². The van der Waals surface area contributed by atoms with Crippen LogP contribution < -0.4 is 11.1 Å². The molecule has 5 heteroatoms. The van der Waals surface area contributed by atoms with Gasteiger partial charge in [-0.15, -0.1) is 0 Å². The van der Waals surface area contributed by atoms with E-state index in [0.717, 1.165) is 25.1 Å². The van der Waals surface area contributed by atoms with Crippen molar-refractivity contribution in [2.24, 2.45) is 16.6 Å². The van der Waals surface area contributed by atoms with Crippen molar-refractivity contribution >= 4 is 11.6 Å². The van der Waals surface area contributed by atoms with Gasteiger partial charge in [-0.2, -0.15) is 0 Å². The summed E-state index contributed by atoms with van der Waals surface area (Å²) in [6, 6.07) is 6.41. The molecule has 5 nitrogen and oxygen atoms in total. The lowest BCUT2D eigenvalue weighted by Gasteiger charge is -2.29. The molecule has 1 heterocycles. The van der Waals surface area contributed by atoms with Crippen LogP contribution in [-0.2, 0) is 22.3 Å². The Morgan fingerprint density at radius 2 is 2.26 bits per heavy atom. The second-order valence-electron chi connectivity index (χ2n) is 6.40. The number of fused-ring (bicyclic) bond motifs is 1. The summed E-state index contributed by atoms with van der Waals surface area (Å²) < 4.78 is 10.9. The molecule has 2 aliphatic rings. The number of hydrogen-bond donors (Lipinski definition) is 2. The Morgan fingerprint density at radius 3 is 3.13 bits per heavy atom. The number of nitrogens with one attached hydrogen (secondary N) is 1. The third kappa shape index (κ3) is 4.03. The molecular weight excluding hydrogens is 290 g/mol. The smallest absolute Gasteiger partial charge is 0.193 e. The SMILES string of the molecule is COC1COCCC1CN=C(N)Nc1cccc2c1CCCC2. The van der Waals surface area contributed by atoms with Gasteiger partial charge in [0.2, 0.25) is 0 Å². The highest BCUT2D eigenvalue weighted by Gasteiger charge is 2.25. The van der Waals surface area contributed by atoms with Gasteiger partial charge in [-0.3, -0.25) is 4.99 Å². The number of aliphatic imine (C=N–C) groups is 1. The van der Waals surface area contributed by atoms with Gasteiger partial charge in [-0.05, 0) is 49.3 Å². The Kier molecular flexibility index (Phi) is 5.51. The van der Waals surface area contributed by atoms with Crippen molar-refractivity contribution < 1.29 is 9.47 Å². The molecule has 0 bridgehead atoms. The molecule has 0 spiro atoms. The van der Waals surface area contributed by atoms with Crippen molar-refractivity contribution in [3.63, 3.8) is 0 Å². The van der Waals surface area contributed by atoms with Gasteiger partial charge < -0.3 is 20.5 Å². The summed E-state index contributed by atoms with van der Waals surface area (Å²) in [5.74, 6) is 0.865. The van der Waals surface area contributed by atoms with E-state index in [1.54, 1.807) is 7.11 Å². The number of anilines is 1. The van der Waals surface area contributed by atoms with Gasteiger partial charge in [-0.1, -0.05) is 12.1 Å². The number of benzene rings is 1. The molecule has 1 fully saturated rings. The lowest BCUT2D eigenvalue weighted by molar-refractivity contribution is -0.0624. The van der Waals surface area contributed by atoms with Crippen molar-refractivity contribution in [3.05, 3.63) is 29.3 Å². The Morgan fingerprint density at radius 1 is 1.39 bits per heavy atom. The second-order valence-corrected chi connectivity index (χ2v) is 6.40. The van der Waals surface area contributed by atoms with Crippen LogP contribution in [0.1, 0.15) is 30.4 Å². The van der Waals surface area contributed by atoms with Crippen molar-refractivity contribution in [1.82, 2.24) is 0 Å². The minimum absolute atomic E-state index is 0.116. The predicted octanol–water partition coefficient (Wildman–Crippen LogP) is 2.34. The van der Waals surface area contributed by atoms with Gasteiger partial charge in [0.15, 0.2) is 5.96 Å². The first-order valence-electron chi connectivity index (χ1n) is 8.56. The average Bonchev–Trinajstić information content (AvgIpc) is 2.60. The largest absolute Gasteiger partial charge is 0.379 e. The van der Waals surface area contributed by atoms with Gasteiger partial charge in [0.25, 0.3) is 0 Å². The number of rotatable bonds is 4. The molecule has 2 atom stereocenters. The normalized spacial score (nSPS) is 25.0. The number of methoxy groups -OCH3 is 1. The van der Waals surface area contributed by atoms with Crippen LogP contribution in [0.3, 0.4) is 0 Å². The van der Waals surface area contributed by atoms with E-state index in [-0.39, 0.29) is 6.10 Å². The fraction of sp³-hybridized carbons (Fsp3) is 0.611. The number of hydrogen-bond acceptors (Lipinski definition) is 3. The number of ether oxygens (including phenoxy) is 2. The van der Waals surface area contributed by atoms with E-state index >= 15 is 0 Å². The van der Waals surface area contributed by atoms with Gasteiger partial charge in [0.05, 0.1) is 12.7 Å². The molecule has 3 N–H and O–H groups in total. The number of aryl methyl sites for hydroxylation is 1. The molecule has 23 heavy (non-hydrogen) atoms. The van der Waals surface area contributed by atoms with Crippen LogP contribution in [0.2, 0.25) is 0 Å². The van der Waals surface area contributed by atoms with E-state index in [0.29, 0.717) is 25.0 Å². The fourth-order valence-electron chi connectivity index (χ4n) is 3.52. The van der Waals surface area contributed by atoms with E-state index < -0.39 is 0 Å². The number of guanidine groups is 1. The van der Waals surface area contributed by atoms with Gasteiger partial charge in [-0.25, -0.2) is 0 Å². The lowest BCUT2D eigenvalue weighted by atomic mass is 9.90. The highest BCUT2D eigenvalue weighted by molar-refractivity contribution is 5.93. The summed E-state index contributed by atoms with van der Waals surface area (Å²) in [5.41, 5.74) is 10.1. The summed E-state index contributed by atoms with van der Waals surface area (Å²) in [7, 11) is 1.73. The molecule has 1 aromatic carbocycles. The van der Waals surface area contributed by atoms with Crippen molar-refractivity contribution in [2.45, 2.75) is 38.2 Å². The summed E-state index contributed by atoms with van der Waals surface area (Å²) in [6.07, 6.45) is 5.90. The molecule has 0 saturated carbocycles. The zero-order valence-electron chi connectivity index (χ0n) is 13.9. The van der Waals surface area contributed by atoms with Crippen LogP contribution >= 0.6 is 0 Å². The quantitative estimate of drug-likeness (QED) is 0.661. The van der Waals surface area contributed by atoms with E-state index in [4.69, 9.17) is 15.2 Å². The summed E-state index contributed by atoms with van der Waals surface area (Å²) in [6.45, 7) is 2.10. The molecular formula is C18H27N3O2. The molecule has 0 amide bonds. The maximum absolute atomic E-state index is 6.11. The molecule has 3 rings (SSSR count). The molecule has 1 aromatic rings. The number of nitrogens with zero attached hydrogens (tertiary/aromatic N) is 1. The summed E-state index contributed by atoms with van der Waals surface area (Å²) >= 11 is 0. The predicted molar refractivity (Wildman–Crippen MR) is 92.9 cm³/mol. The van der Waals surface area contributed by atoms with Crippen molar-refractivity contribution in [1.29, 1.82) is 0 Å². The molecule has 1 aliphatic carbocycles. The van der Waals surface area contributed by atoms with Crippen molar-refractivity contribution in [2.75, 3.05) is 32.2 Å². The Bertz CT molecular complexity index is 559. The minimum Gasteiger partial charge on any atom is -0.379 e. The van der Waals surface area contributed by atoms with Crippen LogP contribution in [0.25, 0.3) is 0 Å². The Balaban J connectivity index is 1.63. The average molecular weight is 317 g/mol. The van der Waals surface area contributed by atoms with Gasteiger partial charge in [0, 0.05) is 31.9 Å². The van der Waals surface area contributed by atoms with Crippen LogP contribution in [0.5, 0.6) is 0 Å². The van der Waals surface area contributed by atoms with Crippen LogP contribution in [-0.4, -0.2) is 38.9 Å². The third-order valence-electron chi connectivity index (χ3n) is 4.90. The van der Waals surface area contributed by atoms with Crippen LogP contribution in [0.15, 0.2) is 23.2 Å². The molecule has 126 valence electrons. The zero-order valence-corrected chi connectivity index (χ0v) is 13.9. The summed E-state index contributed by atoms with van der Waals surface area (Å²) in [4.78, 5) is 4.54. The summed E-state index contributed by atoms with van der Waals surface area (Å²) in [5, 5.41) is 3.30. The zero-order chi connectivity index (χ0) is 16.1. The highest BCUT2D eigenvalue weighted by Crippen LogP contribution is 2.27. The third-order valence-corrected chi connectivity index (χ3v) is 4.90. The first-order chi connectivity index (χ1) is 11.3. The molecule has 0 aromatic heterocycles. The first-order valence-corrected chi connectivity index (χ1v) is 8.56. The molecule has 1 aliphatic heterocycles. The minimum atomic E-state index is 0.116. The fourth-order valence-corrected chi connectivity index (χ4v) is 3.52. The first kappa shape index (κ1) is 16.3. The Labute approximate surface area is 138 Å². The maximum atomic E-state index is 6.11. The maximum Gasteiger partial charge on any atom is 0.193 e. The standard InChI is InChI=1S/C18H27N3O2/c1-22-17-12-23-10-9-14(17)11-20-18(19)21-16-8-4-6-13-5-2-3-7-15(13)16/h4,6,8,14,17H,2-3,5,7,9-12H2,1H3,(H3,19,20,21). The number of nitrogens with two attached hydrogens (primary N) is 1. The molecule has 0 radical (unpaired) electrons. The molecule has 2 unspecified atom stereocenters. The van der Waals surface area contributed by atoms with Gasteiger partial charge >= 0.3 is 0 Å². The monoisotopic (exact) mass is 317 g/mol. The topological polar surface area (TPSA) is 68.9 Å². The van der Waals surface area contributed by atoms with E-state index in [1.807, 2.05) is 0 Å². The molecule has 1 saturated heterocycles. The lowest BCUT2D eigenvalue weighted by Crippen LogP contribution is -2.36. The van der Waals surface area contributed by atoms with Crippen LogP contribution in [0.4, 0.5) is 5.69 Å².